The van der Waals surface area contributed by atoms with Crippen molar-refractivity contribution >= 4 is 38.4 Å². The molecule has 0 fully saturated rings. The molecule has 94 valence electrons. The molecule has 18 heavy (non-hydrogen) atoms. The van der Waals surface area contributed by atoms with Crippen LogP contribution < -0.4 is 4.90 Å². The average molecular weight is 327 g/mol. The van der Waals surface area contributed by atoms with Crippen LogP contribution in [0, 0.1) is 0 Å². The van der Waals surface area contributed by atoms with Crippen molar-refractivity contribution in [3.63, 3.8) is 0 Å². The highest BCUT2D eigenvalue weighted by molar-refractivity contribution is 9.10. The monoisotopic (exact) mass is 326 g/mol. The van der Waals surface area contributed by atoms with Gasteiger partial charge < -0.3 is 10.0 Å². The first kappa shape index (κ1) is 13.0. The Morgan fingerprint density at radius 3 is 2.67 bits per heavy atom. The first-order valence-corrected chi connectivity index (χ1v) is 6.88. The van der Waals surface area contributed by atoms with E-state index in [-0.39, 0.29) is 5.69 Å². The maximum atomic E-state index is 10.8. The molecule has 1 aromatic heterocycles. The zero-order chi connectivity index (χ0) is 13.1. The molecule has 0 aliphatic heterocycles. The summed E-state index contributed by atoms with van der Waals surface area (Å²) in [7, 11) is 1.90. The predicted octanol–water partition coefficient (Wildman–Crippen LogP) is 3.24. The third-order valence-corrected chi connectivity index (χ3v) is 3.85. The molecule has 2 aromatic rings. The van der Waals surface area contributed by atoms with Crippen LogP contribution in [0.4, 0.5) is 5.13 Å². The molecule has 0 aliphatic carbocycles. The van der Waals surface area contributed by atoms with Crippen molar-refractivity contribution in [2.75, 3.05) is 11.9 Å². The second kappa shape index (κ2) is 5.49. The Labute approximate surface area is 117 Å². The second-order valence-corrected chi connectivity index (χ2v) is 5.56. The molecule has 0 spiro atoms. The number of aromatic nitrogens is 1. The summed E-state index contributed by atoms with van der Waals surface area (Å²) in [5, 5.41) is 11.1. The van der Waals surface area contributed by atoms with E-state index in [2.05, 4.69) is 20.9 Å². The molecule has 2 rings (SSSR count). The summed E-state index contributed by atoms with van der Waals surface area (Å²) in [5.74, 6) is -0.991. The number of anilines is 1. The maximum absolute atomic E-state index is 10.8. The van der Waals surface area contributed by atoms with Crippen LogP contribution in [-0.4, -0.2) is 23.1 Å². The molecule has 0 radical (unpaired) electrons. The first-order valence-electron chi connectivity index (χ1n) is 5.20. The number of carboxylic acid groups (broad SMARTS) is 1. The molecule has 1 heterocycles. The van der Waals surface area contributed by atoms with Gasteiger partial charge in [-0.3, -0.25) is 0 Å². The number of carbonyl (C=O) groups is 1. The van der Waals surface area contributed by atoms with Gasteiger partial charge in [0.25, 0.3) is 0 Å². The summed E-state index contributed by atoms with van der Waals surface area (Å²) in [5.41, 5.74) is 1.24. The molecule has 0 atom stereocenters. The lowest BCUT2D eigenvalue weighted by molar-refractivity contribution is 0.0691. The van der Waals surface area contributed by atoms with Crippen LogP contribution >= 0.6 is 27.3 Å². The minimum Gasteiger partial charge on any atom is -0.476 e. The van der Waals surface area contributed by atoms with Crippen molar-refractivity contribution in [2.24, 2.45) is 0 Å². The lowest BCUT2D eigenvalue weighted by atomic mass is 10.2. The summed E-state index contributed by atoms with van der Waals surface area (Å²) in [6.07, 6.45) is 0. The highest BCUT2D eigenvalue weighted by atomic mass is 79.9. The van der Waals surface area contributed by atoms with Gasteiger partial charge in [-0.15, -0.1) is 11.3 Å². The highest BCUT2D eigenvalue weighted by Gasteiger charge is 2.11. The van der Waals surface area contributed by atoms with E-state index in [9.17, 15) is 4.79 Å². The van der Waals surface area contributed by atoms with Gasteiger partial charge in [-0.25, -0.2) is 9.78 Å². The lowest BCUT2D eigenvalue weighted by Gasteiger charge is -2.15. The van der Waals surface area contributed by atoms with Gasteiger partial charge in [0, 0.05) is 23.4 Å². The van der Waals surface area contributed by atoms with Crippen molar-refractivity contribution in [3.05, 3.63) is 45.4 Å². The van der Waals surface area contributed by atoms with Gasteiger partial charge in [-0.1, -0.05) is 28.1 Å². The molecule has 0 saturated heterocycles. The fourth-order valence-electron chi connectivity index (χ4n) is 1.47. The van der Waals surface area contributed by atoms with Crippen LogP contribution in [0.1, 0.15) is 16.1 Å². The molecular weight excluding hydrogens is 316 g/mol. The van der Waals surface area contributed by atoms with Crippen LogP contribution in [0.15, 0.2) is 34.1 Å². The van der Waals surface area contributed by atoms with Crippen molar-refractivity contribution in [3.8, 4) is 0 Å². The van der Waals surface area contributed by atoms with Gasteiger partial charge in [-0.05, 0) is 17.7 Å². The Morgan fingerprint density at radius 2 is 2.11 bits per heavy atom. The normalized spacial score (nSPS) is 10.3. The SMILES string of the molecule is CN(Cc1ccc(Br)cc1)c1nc(C(=O)O)cs1. The number of nitrogens with zero attached hydrogens (tertiary/aromatic N) is 2. The zero-order valence-corrected chi connectivity index (χ0v) is 12.0. The largest absolute Gasteiger partial charge is 0.476 e. The summed E-state index contributed by atoms with van der Waals surface area (Å²) in [6, 6.07) is 8.00. The number of halogens is 1. The van der Waals surface area contributed by atoms with Gasteiger partial charge >= 0.3 is 5.97 Å². The minimum atomic E-state index is -0.991. The number of hydrogen-bond acceptors (Lipinski definition) is 4. The molecule has 0 bridgehead atoms. The Bertz CT molecular complexity index is 553. The highest BCUT2D eigenvalue weighted by Crippen LogP contribution is 2.21. The number of hydrogen-bond donors (Lipinski definition) is 1. The van der Waals surface area contributed by atoms with E-state index < -0.39 is 5.97 Å². The van der Waals surface area contributed by atoms with Gasteiger partial charge in [0.2, 0.25) is 0 Å². The second-order valence-electron chi connectivity index (χ2n) is 3.80. The number of carboxylic acids is 1. The summed E-state index contributed by atoms with van der Waals surface area (Å²) >= 11 is 4.72. The van der Waals surface area contributed by atoms with E-state index in [1.807, 2.05) is 36.2 Å². The minimum absolute atomic E-state index is 0.0951. The van der Waals surface area contributed by atoms with Crippen LogP contribution in [0.25, 0.3) is 0 Å². The van der Waals surface area contributed by atoms with Gasteiger partial charge in [0.1, 0.15) is 0 Å². The molecule has 0 amide bonds. The van der Waals surface area contributed by atoms with Crippen molar-refractivity contribution in [2.45, 2.75) is 6.54 Å². The van der Waals surface area contributed by atoms with Crippen LogP contribution in [-0.2, 0) is 6.54 Å². The Balaban J connectivity index is 2.09. The van der Waals surface area contributed by atoms with Crippen LogP contribution in [0.3, 0.4) is 0 Å². The molecule has 1 N–H and O–H groups in total. The first-order chi connectivity index (χ1) is 8.56. The number of benzene rings is 1. The standard InChI is InChI=1S/C12H11BrN2O2S/c1-15(6-8-2-4-9(13)5-3-8)12-14-10(7-18-12)11(16)17/h2-5,7H,6H2,1H3,(H,16,17). The Kier molecular flexibility index (Phi) is 3.98. The molecule has 1 aromatic carbocycles. The number of rotatable bonds is 4. The van der Waals surface area contributed by atoms with E-state index in [1.54, 1.807) is 5.38 Å². The lowest BCUT2D eigenvalue weighted by Crippen LogP contribution is -2.16. The molecule has 6 heteroatoms. The van der Waals surface area contributed by atoms with Crippen LogP contribution in [0.5, 0.6) is 0 Å². The summed E-state index contributed by atoms with van der Waals surface area (Å²) in [4.78, 5) is 16.7. The third kappa shape index (κ3) is 3.08. The van der Waals surface area contributed by atoms with Crippen molar-refractivity contribution in [1.29, 1.82) is 0 Å². The zero-order valence-electron chi connectivity index (χ0n) is 9.63. The average Bonchev–Trinajstić information content (AvgIpc) is 2.81. The molecule has 0 aliphatic rings. The molecule has 4 nitrogen and oxygen atoms in total. The number of aromatic carboxylic acids is 1. The molecule has 0 saturated carbocycles. The van der Waals surface area contributed by atoms with Gasteiger partial charge in [-0.2, -0.15) is 0 Å². The van der Waals surface area contributed by atoms with E-state index in [0.29, 0.717) is 11.7 Å². The topological polar surface area (TPSA) is 53.4 Å². The van der Waals surface area contributed by atoms with Crippen molar-refractivity contribution in [1.82, 2.24) is 4.98 Å². The fourth-order valence-corrected chi connectivity index (χ4v) is 2.50. The summed E-state index contributed by atoms with van der Waals surface area (Å²) in [6.45, 7) is 0.694. The Hall–Kier alpha value is -1.40. The quantitative estimate of drug-likeness (QED) is 0.937. The van der Waals surface area contributed by atoms with Crippen LogP contribution in [0.2, 0.25) is 0 Å². The number of thiazole rings is 1. The third-order valence-electron chi connectivity index (χ3n) is 2.37. The summed E-state index contributed by atoms with van der Waals surface area (Å²) < 4.78 is 1.04. The van der Waals surface area contributed by atoms with Crippen molar-refractivity contribution < 1.29 is 9.90 Å². The predicted molar refractivity (Wildman–Crippen MR) is 75.3 cm³/mol. The smallest absolute Gasteiger partial charge is 0.355 e. The van der Waals surface area contributed by atoms with E-state index in [0.717, 1.165) is 10.0 Å². The van der Waals surface area contributed by atoms with E-state index >= 15 is 0 Å². The fraction of sp³-hybridized carbons (Fsp3) is 0.167. The maximum Gasteiger partial charge on any atom is 0.355 e. The molecule has 0 unspecified atom stereocenters. The molecular formula is C12H11BrN2O2S. The van der Waals surface area contributed by atoms with E-state index in [4.69, 9.17) is 5.11 Å². The van der Waals surface area contributed by atoms with E-state index in [1.165, 1.54) is 11.3 Å². The van der Waals surface area contributed by atoms with Gasteiger partial charge in [0.15, 0.2) is 10.8 Å². The van der Waals surface area contributed by atoms with Gasteiger partial charge in [0.05, 0.1) is 0 Å². The Morgan fingerprint density at radius 1 is 1.44 bits per heavy atom.